The molecule has 0 radical (unpaired) electrons. The van der Waals surface area contributed by atoms with Crippen LogP contribution < -0.4 is 0 Å². The van der Waals surface area contributed by atoms with Crippen LogP contribution in [0.25, 0.3) is 0 Å². The predicted molar refractivity (Wildman–Crippen MR) is 39.8 cm³/mol. The molecule has 0 aliphatic carbocycles. The summed E-state index contributed by atoms with van der Waals surface area (Å²) in [6.45, 7) is 4.74. The summed E-state index contributed by atoms with van der Waals surface area (Å²) in [5.41, 5.74) is 0. The van der Waals surface area contributed by atoms with Gasteiger partial charge in [-0.25, -0.2) is 0 Å². The van der Waals surface area contributed by atoms with E-state index in [-0.39, 0.29) is 0 Å². The second-order valence-corrected chi connectivity index (χ2v) is 3.38. The molecule has 1 aliphatic heterocycles. The average Bonchev–Trinajstić information content (AvgIpc) is 1.64. The molecular weight excluding hydrogens is 94.9 g/mol. The van der Waals surface area contributed by atoms with Crippen molar-refractivity contribution in [1.82, 2.24) is 0 Å². The van der Waals surface area contributed by atoms with E-state index >= 15 is 0 Å². The maximum absolute atomic E-state index is 2.37. The third kappa shape index (κ3) is 1.54. The van der Waals surface area contributed by atoms with Gasteiger partial charge in [-0.15, -0.1) is 0 Å². The summed E-state index contributed by atoms with van der Waals surface area (Å²) >= 11 is 0. The third-order valence-corrected chi connectivity index (χ3v) is 2.20. The molecule has 2 atom stereocenters. The zero-order chi connectivity index (χ0) is 5.98. The molecule has 0 nitrogen and oxygen atoms in total. The summed E-state index contributed by atoms with van der Waals surface area (Å²) < 4.78 is 0. The molecule has 1 saturated heterocycles. The fourth-order valence-electron chi connectivity index (χ4n) is 1.74. The van der Waals surface area contributed by atoms with Gasteiger partial charge in [0.15, 0.2) is 0 Å². The lowest BCUT2D eigenvalue weighted by Gasteiger charge is -2.21. The highest BCUT2D eigenvalue weighted by molar-refractivity contribution is 6.39. The molecule has 1 heteroatoms. The van der Waals surface area contributed by atoms with Crippen molar-refractivity contribution in [2.75, 3.05) is 0 Å². The topological polar surface area (TPSA) is 0 Å². The summed E-state index contributed by atoms with van der Waals surface area (Å²) in [4.78, 5) is 0. The van der Waals surface area contributed by atoms with Gasteiger partial charge in [0.2, 0.25) is 0 Å². The molecule has 1 aliphatic rings. The highest BCUT2D eigenvalue weighted by Gasteiger charge is 2.15. The highest BCUT2D eigenvalue weighted by Crippen LogP contribution is 2.28. The lowest BCUT2D eigenvalue weighted by Crippen LogP contribution is -2.11. The Morgan fingerprint density at radius 1 is 1.12 bits per heavy atom. The quantitative estimate of drug-likeness (QED) is 0.419. The standard InChI is InChI=1S/C7H15B/c1-6-4-3-5-7(2)8-6/h6-8H,3-5H2,1-2H3. The first kappa shape index (κ1) is 6.19. The van der Waals surface area contributed by atoms with Crippen LogP contribution in [0.2, 0.25) is 11.6 Å². The van der Waals surface area contributed by atoms with E-state index in [0.29, 0.717) is 0 Å². The predicted octanol–water partition coefficient (Wildman–Crippen LogP) is 2.22. The van der Waals surface area contributed by atoms with Crippen molar-refractivity contribution in [3.8, 4) is 0 Å². The average molecular weight is 110 g/mol. The zero-order valence-corrected chi connectivity index (χ0v) is 5.98. The molecule has 0 aromatic heterocycles. The van der Waals surface area contributed by atoms with Crippen LogP contribution in [0.1, 0.15) is 33.1 Å². The van der Waals surface area contributed by atoms with Gasteiger partial charge in [0.05, 0.1) is 0 Å². The van der Waals surface area contributed by atoms with Crippen molar-refractivity contribution in [2.24, 2.45) is 0 Å². The molecule has 1 rings (SSSR count). The van der Waals surface area contributed by atoms with Crippen molar-refractivity contribution in [3.63, 3.8) is 0 Å². The first-order valence-corrected chi connectivity index (χ1v) is 3.79. The van der Waals surface area contributed by atoms with E-state index in [1.54, 1.807) is 0 Å². The molecule has 0 bridgehead atoms. The Balaban J connectivity index is 2.23. The molecular formula is C7H15B. The van der Waals surface area contributed by atoms with Gasteiger partial charge >= 0.3 is 0 Å². The smallest absolute Gasteiger partial charge is 0.0694 e. The van der Waals surface area contributed by atoms with E-state index < -0.39 is 0 Å². The highest BCUT2D eigenvalue weighted by atomic mass is 14.1. The van der Waals surface area contributed by atoms with E-state index in [1.807, 2.05) is 0 Å². The Morgan fingerprint density at radius 2 is 1.62 bits per heavy atom. The van der Waals surface area contributed by atoms with Gasteiger partial charge in [-0.2, -0.15) is 0 Å². The van der Waals surface area contributed by atoms with Gasteiger partial charge in [-0.3, -0.25) is 0 Å². The second-order valence-electron chi connectivity index (χ2n) is 3.38. The van der Waals surface area contributed by atoms with Crippen LogP contribution in [-0.4, -0.2) is 7.28 Å². The molecule has 2 unspecified atom stereocenters. The Hall–Kier alpha value is 0.0649. The summed E-state index contributed by atoms with van der Waals surface area (Å²) in [5.74, 6) is 2.03. The van der Waals surface area contributed by atoms with Crippen LogP contribution in [0.3, 0.4) is 0 Å². The number of rotatable bonds is 0. The monoisotopic (exact) mass is 110 g/mol. The molecule has 0 spiro atoms. The minimum atomic E-state index is 1.01. The van der Waals surface area contributed by atoms with Gasteiger partial charge in [0, 0.05) is 0 Å². The molecule has 0 aromatic rings. The van der Waals surface area contributed by atoms with Crippen LogP contribution in [0.4, 0.5) is 0 Å². The van der Waals surface area contributed by atoms with Gasteiger partial charge in [-0.05, 0) is 0 Å². The Morgan fingerprint density at radius 3 is 1.88 bits per heavy atom. The second kappa shape index (κ2) is 2.57. The van der Waals surface area contributed by atoms with Gasteiger partial charge in [0.25, 0.3) is 0 Å². The van der Waals surface area contributed by atoms with Crippen molar-refractivity contribution in [1.29, 1.82) is 0 Å². The fraction of sp³-hybridized carbons (Fsp3) is 1.00. The van der Waals surface area contributed by atoms with Crippen molar-refractivity contribution in [2.45, 2.75) is 44.7 Å². The van der Waals surface area contributed by atoms with Gasteiger partial charge < -0.3 is 0 Å². The molecule has 0 amide bonds. The molecule has 8 heavy (non-hydrogen) atoms. The minimum Gasteiger partial charge on any atom is -0.0694 e. The van der Waals surface area contributed by atoms with E-state index in [9.17, 15) is 0 Å². The Bertz CT molecular complexity index is 62.8. The normalized spacial score (nSPS) is 38.8. The largest absolute Gasteiger partial charge is 0.126 e. The van der Waals surface area contributed by atoms with Crippen LogP contribution in [0.15, 0.2) is 0 Å². The first-order chi connectivity index (χ1) is 3.79. The van der Waals surface area contributed by atoms with E-state index in [1.165, 1.54) is 26.5 Å². The van der Waals surface area contributed by atoms with Crippen LogP contribution >= 0.6 is 0 Å². The summed E-state index contributed by atoms with van der Waals surface area (Å²) in [5, 5.41) is 0. The summed E-state index contributed by atoms with van der Waals surface area (Å²) in [6, 6.07) is 0. The van der Waals surface area contributed by atoms with E-state index in [4.69, 9.17) is 0 Å². The van der Waals surface area contributed by atoms with Crippen molar-refractivity contribution in [3.05, 3.63) is 0 Å². The fourth-order valence-corrected chi connectivity index (χ4v) is 1.74. The molecule has 1 fully saturated rings. The lowest BCUT2D eigenvalue weighted by atomic mass is 9.50. The maximum atomic E-state index is 2.37. The Kier molecular flexibility index (Phi) is 1.98. The third-order valence-electron chi connectivity index (χ3n) is 2.20. The maximum Gasteiger partial charge on any atom is 0.126 e. The minimum absolute atomic E-state index is 1.01. The molecule has 0 N–H and O–H groups in total. The number of hydrogen-bond acceptors (Lipinski definition) is 0. The Labute approximate surface area is 52.9 Å². The number of hydrogen-bond donors (Lipinski definition) is 0. The van der Waals surface area contributed by atoms with Crippen LogP contribution in [0, 0.1) is 0 Å². The van der Waals surface area contributed by atoms with E-state index in [2.05, 4.69) is 13.8 Å². The SMILES string of the molecule is CC1BC(C)CCC1. The molecule has 0 saturated carbocycles. The summed E-state index contributed by atoms with van der Waals surface area (Å²) in [6.07, 6.45) is 4.43. The lowest BCUT2D eigenvalue weighted by molar-refractivity contribution is 0.603. The van der Waals surface area contributed by atoms with Crippen molar-refractivity contribution >= 4 is 7.28 Å². The molecule has 46 valence electrons. The molecule has 0 aromatic carbocycles. The van der Waals surface area contributed by atoms with Gasteiger partial charge in [-0.1, -0.05) is 44.7 Å². The van der Waals surface area contributed by atoms with E-state index in [0.717, 1.165) is 11.6 Å². The van der Waals surface area contributed by atoms with Crippen LogP contribution in [-0.2, 0) is 0 Å². The van der Waals surface area contributed by atoms with Gasteiger partial charge in [0.1, 0.15) is 7.28 Å². The first-order valence-electron chi connectivity index (χ1n) is 3.79. The molecule has 1 heterocycles. The zero-order valence-electron chi connectivity index (χ0n) is 5.98. The van der Waals surface area contributed by atoms with Crippen molar-refractivity contribution < 1.29 is 0 Å². The van der Waals surface area contributed by atoms with Crippen LogP contribution in [0.5, 0.6) is 0 Å². The summed E-state index contributed by atoms with van der Waals surface area (Å²) in [7, 11) is 1.47.